The van der Waals surface area contributed by atoms with Crippen molar-refractivity contribution in [3.05, 3.63) is 0 Å². The predicted molar refractivity (Wildman–Crippen MR) is 62.2 cm³/mol. The van der Waals surface area contributed by atoms with Crippen molar-refractivity contribution in [2.75, 3.05) is 18.6 Å². The summed E-state index contributed by atoms with van der Waals surface area (Å²) in [5.74, 6) is 0.353. The fourth-order valence-corrected chi connectivity index (χ4v) is 2.71. The van der Waals surface area contributed by atoms with Crippen LogP contribution in [0.3, 0.4) is 0 Å². The molecule has 0 spiro atoms. The minimum atomic E-state index is -2.54. The molecule has 0 aliphatic carbocycles. The average molecular weight is 235 g/mol. The first-order valence-electron chi connectivity index (χ1n) is 5.14. The van der Waals surface area contributed by atoms with Crippen molar-refractivity contribution in [1.82, 2.24) is 5.32 Å². The maximum absolute atomic E-state index is 11.6. The summed E-state index contributed by atoms with van der Waals surface area (Å²) in [6.07, 6.45) is 2.03. The van der Waals surface area contributed by atoms with Crippen LogP contribution in [0.25, 0.3) is 0 Å². The van der Waals surface area contributed by atoms with Gasteiger partial charge in [-0.3, -0.25) is 9.57 Å². The van der Waals surface area contributed by atoms with E-state index in [0.717, 1.165) is 12.8 Å². The van der Waals surface area contributed by atoms with Gasteiger partial charge in [0.1, 0.15) is 0 Å². The van der Waals surface area contributed by atoms with Crippen LogP contribution in [-0.2, 0) is 14.5 Å². The van der Waals surface area contributed by atoms with Crippen LogP contribution in [-0.4, -0.2) is 34.7 Å². The maximum atomic E-state index is 11.6. The van der Waals surface area contributed by atoms with Crippen LogP contribution in [0, 0.1) is 4.78 Å². The predicted octanol–water partition coefficient (Wildman–Crippen LogP) is 0.297. The first-order valence-corrected chi connectivity index (χ1v) is 7.04. The van der Waals surface area contributed by atoms with Gasteiger partial charge in [-0.1, -0.05) is 13.3 Å². The molecule has 1 unspecified atom stereocenters. The first kappa shape index (κ1) is 14.4. The van der Waals surface area contributed by atoms with E-state index >= 15 is 0 Å². The summed E-state index contributed by atoms with van der Waals surface area (Å²) in [5, 5.41) is 2.43. The van der Waals surface area contributed by atoms with Crippen molar-refractivity contribution < 1.29 is 9.00 Å². The highest BCUT2D eigenvalue weighted by Crippen LogP contribution is 2.02. The number of unbranched alkanes of at least 4 members (excludes halogenated alkanes) is 1. The molecule has 90 valence electrons. The topological polar surface area (TPSA) is 96.0 Å². The van der Waals surface area contributed by atoms with Gasteiger partial charge in [0.2, 0.25) is 5.91 Å². The highest BCUT2D eigenvalue weighted by molar-refractivity contribution is 7.92. The third-order valence-corrected chi connectivity index (χ3v) is 4.01. The number of amides is 1. The van der Waals surface area contributed by atoms with Gasteiger partial charge in [0.05, 0.1) is 6.04 Å². The summed E-state index contributed by atoms with van der Waals surface area (Å²) in [6.45, 7) is 1.99. The van der Waals surface area contributed by atoms with Gasteiger partial charge in [0.15, 0.2) is 0 Å². The van der Waals surface area contributed by atoms with Crippen LogP contribution in [0.15, 0.2) is 0 Å². The van der Waals surface area contributed by atoms with Gasteiger partial charge in [0, 0.05) is 28.3 Å². The Bertz CT molecular complexity index is 288. The fraction of sp³-hybridized carbons (Fsp3) is 0.889. The van der Waals surface area contributed by atoms with Crippen molar-refractivity contribution >= 4 is 15.6 Å². The molecular weight excluding hydrogens is 214 g/mol. The smallest absolute Gasteiger partial charge is 0.236 e. The molecule has 5 nitrogen and oxygen atoms in total. The largest absolute Gasteiger partial charge is 0.358 e. The molecule has 1 amide bonds. The van der Waals surface area contributed by atoms with E-state index in [4.69, 9.17) is 10.5 Å². The zero-order chi connectivity index (χ0) is 11.9. The normalized spacial score (nSPS) is 16.7. The Hall–Kier alpha value is -0.620. The number of hydrogen-bond acceptors (Lipinski definition) is 4. The van der Waals surface area contributed by atoms with Crippen LogP contribution in [0.1, 0.15) is 26.2 Å². The highest BCUT2D eigenvalue weighted by Gasteiger charge is 2.14. The highest BCUT2D eigenvalue weighted by atomic mass is 32.2. The van der Waals surface area contributed by atoms with Crippen LogP contribution in [0.2, 0.25) is 0 Å². The van der Waals surface area contributed by atoms with Gasteiger partial charge < -0.3 is 11.1 Å². The van der Waals surface area contributed by atoms with E-state index in [-0.39, 0.29) is 11.7 Å². The monoisotopic (exact) mass is 235 g/mol. The van der Waals surface area contributed by atoms with E-state index < -0.39 is 15.8 Å². The number of likely N-dealkylation sites (N-methyl/N-ethyl adjacent to an activating group) is 1. The number of hydrogen-bond donors (Lipinski definition) is 3. The van der Waals surface area contributed by atoms with Crippen LogP contribution >= 0.6 is 0 Å². The lowest BCUT2D eigenvalue weighted by Crippen LogP contribution is -2.39. The number of rotatable bonds is 7. The minimum absolute atomic E-state index is 0.210. The van der Waals surface area contributed by atoms with Gasteiger partial charge in [-0.25, -0.2) is 4.21 Å². The van der Waals surface area contributed by atoms with E-state index in [0.29, 0.717) is 12.2 Å². The first-order chi connectivity index (χ1) is 6.93. The van der Waals surface area contributed by atoms with Crippen LogP contribution < -0.4 is 11.1 Å². The average Bonchev–Trinajstić information content (AvgIpc) is 2.22. The van der Waals surface area contributed by atoms with Gasteiger partial charge in [0.25, 0.3) is 0 Å². The third kappa shape index (κ3) is 6.46. The summed E-state index contributed by atoms with van der Waals surface area (Å²) in [6, 6.07) is -0.650. The minimum Gasteiger partial charge on any atom is -0.358 e. The molecule has 0 fully saturated rings. The second kappa shape index (κ2) is 6.79. The molecule has 0 saturated carbocycles. The summed E-state index contributed by atoms with van der Waals surface area (Å²) < 4.78 is 19.2. The SMILES string of the molecule is CCCCS(=N)(=O)CC[C@H](N)C(=O)NC. The zero-order valence-electron chi connectivity index (χ0n) is 9.41. The van der Waals surface area contributed by atoms with E-state index in [1.54, 1.807) is 0 Å². The van der Waals surface area contributed by atoms with E-state index in [1.807, 2.05) is 6.92 Å². The summed E-state index contributed by atoms with van der Waals surface area (Å²) in [5.41, 5.74) is 5.54. The Balaban J connectivity index is 3.98. The van der Waals surface area contributed by atoms with Crippen molar-refractivity contribution in [2.45, 2.75) is 32.2 Å². The Labute approximate surface area is 91.8 Å². The van der Waals surface area contributed by atoms with Gasteiger partial charge in [-0.2, -0.15) is 0 Å². The molecule has 15 heavy (non-hydrogen) atoms. The Morgan fingerprint density at radius 2 is 2.13 bits per heavy atom. The van der Waals surface area contributed by atoms with Gasteiger partial charge >= 0.3 is 0 Å². The molecule has 2 atom stereocenters. The third-order valence-electron chi connectivity index (χ3n) is 2.17. The van der Waals surface area contributed by atoms with E-state index in [9.17, 15) is 9.00 Å². The lowest BCUT2D eigenvalue weighted by Gasteiger charge is -2.11. The summed E-state index contributed by atoms with van der Waals surface area (Å²) in [7, 11) is -1.03. The molecule has 0 radical (unpaired) electrons. The van der Waals surface area contributed by atoms with Crippen LogP contribution in [0.5, 0.6) is 0 Å². The summed E-state index contributed by atoms with van der Waals surface area (Å²) >= 11 is 0. The Morgan fingerprint density at radius 3 is 2.60 bits per heavy atom. The van der Waals surface area contributed by atoms with Gasteiger partial charge in [-0.05, 0) is 12.8 Å². The standard InChI is InChI=1S/C9H21N3O2S/c1-3-4-6-15(11,14)7-5-8(10)9(13)12-2/h8,11H,3-7,10H2,1-2H3,(H,12,13)/t8-,15?/m0/s1. The van der Waals surface area contributed by atoms with Crippen molar-refractivity contribution in [3.8, 4) is 0 Å². The maximum Gasteiger partial charge on any atom is 0.236 e. The molecule has 6 heteroatoms. The fourth-order valence-electron chi connectivity index (χ4n) is 1.11. The lowest BCUT2D eigenvalue weighted by atomic mass is 10.2. The number of nitrogens with two attached hydrogens (primary N) is 1. The van der Waals surface area contributed by atoms with Crippen molar-refractivity contribution in [2.24, 2.45) is 5.73 Å². The molecule has 0 aliphatic heterocycles. The molecule has 0 aromatic carbocycles. The second-order valence-electron chi connectivity index (χ2n) is 3.58. The van der Waals surface area contributed by atoms with Gasteiger partial charge in [-0.15, -0.1) is 0 Å². The number of carbonyl (C=O) groups is 1. The molecule has 0 heterocycles. The molecule has 0 bridgehead atoms. The molecule has 4 N–H and O–H groups in total. The number of carbonyl (C=O) groups excluding carboxylic acids is 1. The van der Waals surface area contributed by atoms with Crippen molar-refractivity contribution in [1.29, 1.82) is 4.78 Å². The molecular formula is C9H21N3O2S. The molecule has 0 aromatic heterocycles. The molecule has 0 saturated heterocycles. The van der Waals surface area contributed by atoms with E-state index in [1.165, 1.54) is 7.05 Å². The molecule has 0 aliphatic rings. The van der Waals surface area contributed by atoms with Crippen LogP contribution in [0.4, 0.5) is 0 Å². The van der Waals surface area contributed by atoms with Crippen molar-refractivity contribution in [3.63, 3.8) is 0 Å². The zero-order valence-corrected chi connectivity index (χ0v) is 10.2. The lowest BCUT2D eigenvalue weighted by molar-refractivity contribution is -0.121. The van der Waals surface area contributed by atoms with E-state index in [2.05, 4.69) is 5.32 Å². The molecule has 0 aromatic rings. The number of nitrogens with one attached hydrogen (secondary N) is 2. The quantitative estimate of drug-likeness (QED) is 0.592. The Morgan fingerprint density at radius 1 is 1.53 bits per heavy atom. The summed E-state index contributed by atoms with van der Waals surface area (Å²) in [4.78, 5) is 11.1. The molecule has 0 rings (SSSR count). The Kier molecular flexibility index (Phi) is 6.51. The second-order valence-corrected chi connectivity index (χ2v) is 6.02.